The first kappa shape index (κ1) is 19.6. The molecule has 136 valence electrons. The highest BCUT2D eigenvalue weighted by Gasteiger charge is 2.33. The lowest BCUT2D eigenvalue weighted by molar-refractivity contribution is -0.137. The Kier molecular flexibility index (Phi) is 5.78. The number of rotatable bonds is 4. The molecular formula is C18H15ClF3N3O. The van der Waals surface area contributed by atoms with Gasteiger partial charge < -0.3 is 4.74 Å². The molecule has 4 nitrogen and oxygen atoms in total. The van der Waals surface area contributed by atoms with E-state index < -0.39 is 11.7 Å². The van der Waals surface area contributed by atoms with Gasteiger partial charge in [-0.1, -0.05) is 11.6 Å². The van der Waals surface area contributed by atoms with Crippen LogP contribution in [0.5, 0.6) is 11.5 Å². The van der Waals surface area contributed by atoms with Crippen LogP contribution in [0.25, 0.3) is 0 Å². The highest BCUT2D eigenvalue weighted by Crippen LogP contribution is 2.38. The molecule has 2 aromatic rings. The molecular weight excluding hydrogens is 367 g/mol. The summed E-state index contributed by atoms with van der Waals surface area (Å²) in [4.78, 5) is 5.44. The number of halogens is 4. The van der Waals surface area contributed by atoms with E-state index in [0.717, 1.165) is 17.7 Å². The molecule has 0 bridgehead atoms. The summed E-state index contributed by atoms with van der Waals surface area (Å²) in [5, 5.41) is 8.33. The summed E-state index contributed by atoms with van der Waals surface area (Å²) in [5.74, 6) is 0.440. The van der Waals surface area contributed by atoms with Crippen LogP contribution >= 0.6 is 11.6 Å². The van der Waals surface area contributed by atoms with Crippen molar-refractivity contribution < 1.29 is 17.9 Å². The van der Waals surface area contributed by atoms with Gasteiger partial charge in [0.2, 0.25) is 0 Å². The van der Waals surface area contributed by atoms with E-state index in [2.05, 4.69) is 4.99 Å². The Morgan fingerprint density at radius 3 is 2.50 bits per heavy atom. The number of hydrogen-bond donors (Lipinski definition) is 0. The lowest BCUT2D eigenvalue weighted by atomic mass is 10.1. The van der Waals surface area contributed by atoms with Crippen molar-refractivity contribution in [2.45, 2.75) is 20.0 Å². The zero-order valence-corrected chi connectivity index (χ0v) is 15.0. The standard InChI is InChI=1S/C18H15ClF3N3O/c1-11-7-17(12(2)6-16(11)24-10-25(3)9-23)26-13-4-5-15(19)14(8-13)18(20,21)22/h4-8,10H,1-3H3. The summed E-state index contributed by atoms with van der Waals surface area (Å²) in [5.41, 5.74) is 1.11. The molecule has 8 heteroatoms. The molecule has 2 rings (SSSR count). The van der Waals surface area contributed by atoms with Crippen LogP contribution in [0.2, 0.25) is 5.02 Å². The summed E-state index contributed by atoms with van der Waals surface area (Å²) >= 11 is 5.62. The SMILES string of the molecule is Cc1cc(Oc2ccc(Cl)c(C(F)(F)F)c2)c(C)cc1N=CN(C)C#N. The largest absolute Gasteiger partial charge is 0.457 e. The maximum Gasteiger partial charge on any atom is 0.417 e. The maximum atomic E-state index is 13.0. The van der Waals surface area contributed by atoms with E-state index in [-0.39, 0.29) is 10.8 Å². The Balaban J connectivity index is 2.33. The van der Waals surface area contributed by atoms with Crippen LogP contribution < -0.4 is 4.74 Å². The van der Waals surface area contributed by atoms with E-state index in [1.165, 1.54) is 17.3 Å². The highest BCUT2D eigenvalue weighted by molar-refractivity contribution is 6.31. The van der Waals surface area contributed by atoms with Gasteiger partial charge in [-0.05, 0) is 55.3 Å². The highest BCUT2D eigenvalue weighted by atomic mass is 35.5. The number of alkyl halides is 3. The van der Waals surface area contributed by atoms with Gasteiger partial charge in [0.1, 0.15) is 17.8 Å². The number of aryl methyl sites for hydroxylation is 2. The molecule has 0 amide bonds. The summed E-state index contributed by atoms with van der Waals surface area (Å²) in [6.07, 6.45) is -1.30. The van der Waals surface area contributed by atoms with E-state index in [0.29, 0.717) is 17.0 Å². The third-order valence-corrected chi connectivity index (χ3v) is 3.82. The van der Waals surface area contributed by atoms with Crippen LogP contribution in [0.4, 0.5) is 18.9 Å². The number of aliphatic imine (C=N–C) groups is 1. The Morgan fingerprint density at radius 2 is 1.88 bits per heavy atom. The molecule has 0 unspecified atom stereocenters. The molecule has 0 saturated carbocycles. The van der Waals surface area contributed by atoms with E-state index in [4.69, 9.17) is 21.6 Å². The van der Waals surface area contributed by atoms with Crippen LogP contribution in [-0.2, 0) is 6.18 Å². The van der Waals surface area contributed by atoms with Gasteiger partial charge in [-0.2, -0.15) is 18.4 Å². The number of hydrogen-bond acceptors (Lipinski definition) is 3. The van der Waals surface area contributed by atoms with Gasteiger partial charge >= 0.3 is 6.18 Å². The molecule has 0 aliphatic rings. The minimum atomic E-state index is -4.56. The predicted octanol–water partition coefficient (Wildman–Crippen LogP) is 5.84. The topological polar surface area (TPSA) is 48.6 Å². The fraction of sp³-hybridized carbons (Fsp3) is 0.222. The molecule has 0 N–H and O–H groups in total. The summed E-state index contributed by atoms with van der Waals surface area (Å²) in [7, 11) is 1.56. The van der Waals surface area contributed by atoms with Crippen molar-refractivity contribution in [3.8, 4) is 17.7 Å². The van der Waals surface area contributed by atoms with Gasteiger partial charge in [0.15, 0.2) is 6.19 Å². The normalized spacial score (nSPS) is 11.5. The summed E-state index contributed by atoms with van der Waals surface area (Å²) in [6, 6.07) is 6.80. The molecule has 0 fully saturated rings. The lowest BCUT2D eigenvalue weighted by Crippen LogP contribution is -2.06. The molecule has 0 aliphatic heterocycles. The number of nitrogens with zero attached hydrogens (tertiary/aromatic N) is 3. The fourth-order valence-electron chi connectivity index (χ4n) is 2.11. The first-order valence-corrected chi connectivity index (χ1v) is 7.82. The molecule has 0 aliphatic carbocycles. The summed E-state index contributed by atoms with van der Waals surface area (Å²) in [6.45, 7) is 3.54. The number of nitriles is 1. The Hall–Kier alpha value is -2.72. The Morgan fingerprint density at radius 1 is 1.19 bits per heavy atom. The van der Waals surface area contributed by atoms with Crippen LogP contribution in [0, 0.1) is 25.3 Å². The van der Waals surface area contributed by atoms with Gasteiger partial charge in [0.25, 0.3) is 0 Å². The van der Waals surface area contributed by atoms with E-state index in [1.807, 2.05) is 6.19 Å². The van der Waals surface area contributed by atoms with Gasteiger partial charge in [-0.15, -0.1) is 0 Å². The maximum absolute atomic E-state index is 13.0. The third-order valence-electron chi connectivity index (χ3n) is 3.49. The van der Waals surface area contributed by atoms with Gasteiger partial charge in [-0.3, -0.25) is 4.90 Å². The number of benzene rings is 2. The average Bonchev–Trinajstić information content (AvgIpc) is 2.56. The molecule has 0 aromatic heterocycles. The monoisotopic (exact) mass is 381 g/mol. The van der Waals surface area contributed by atoms with Gasteiger partial charge in [-0.25, -0.2) is 4.99 Å². The fourth-order valence-corrected chi connectivity index (χ4v) is 2.33. The average molecular weight is 382 g/mol. The zero-order chi connectivity index (χ0) is 19.5. The zero-order valence-electron chi connectivity index (χ0n) is 14.2. The Labute approximate surface area is 154 Å². The molecule has 0 atom stereocenters. The van der Waals surface area contributed by atoms with Crippen molar-refractivity contribution in [1.29, 1.82) is 5.26 Å². The van der Waals surface area contributed by atoms with Crippen molar-refractivity contribution in [3.05, 3.63) is 52.0 Å². The van der Waals surface area contributed by atoms with Crippen LogP contribution in [-0.4, -0.2) is 18.3 Å². The Bertz CT molecular complexity index is 888. The molecule has 2 aromatic carbocycles. The molecule has 0 spiro atoms. The summed E-state index contributed by atoms with van der Waals surface area (Å²) < 4.78 is 44.5. The molecule has 0 heterocycles. The predicted molar refractivity (Wildman–Crippen MR) is 94.0 cm³/mol. The van der Waals surface area contributed by atoms with Gasteiger partial charge in [0, 0.05) is 7.05 Å². The van der Waals surface area contributed by atoms with Crippen LogP contribution in [0.1, 0.15) is 16.7 Å². The minimum Gasteiger partial charge on any atom is -0.457 e. The van der Waals surface area contributed by atoms with E-state index in [9.17, 15) is 13.2 Å². The molecule has 0 saturated heterocycles. The first-order valence-electron chi connectivity index (χ1n) is 7.44. The van der Waals surface area contributed by atoms with Crippen molar-refractivity contribution in [1.82, 2.24) is 4.90 Å². The smallest absolute Gasteiger partial charge is 0.417 e. The number of ether oxygens (including phenoxy) is 1. The van der Waals surface area contributed by atoms with Crippen molar-refractivity contribution in [2.24, 2.45) is 4.99 Å². The van der Waals surface area contributed by atoms with Gasteiger partial charge in [0.05, 0.1) is 16.3 Å². The molecule has 0 radical (unpaired) electrons. The minimum absolute atomic E-state index is 0.0321. The molecule has 26 heavy (non-hydrogen) atoms. The first-order chi connectivity index (χ1) is 12.1. The second kappa shape index (κ2) is 7.67. The quantitative estimate of drug-likeness (QED) is 0.289. The van der Waals surface area contributed by atoms with Crippen molar-refractivity contribution >= 4 is 23.6 Å². The third kappa shape index (κ3) is 4.67. The second-order valence-electron chi connectivity index (χ2n) is 5.60. The van der Waals surface area contributed by atoms with E-state index >= 15 is 0 Å². The van der Waals surface area contributed by atoms with Crippen LogP contribution in [0.15, 0.2) is 35.3 Å². The van der Waals surface area contributed by atoms with E-state index in [1.54, 1.807) is 33.0 Å². The lowest BCUT2D eigenvalue weighted by Gasteiger charge is -2.14. The van der Waals surface area contributed by atoms with Crippen molar-refractivity contribution in [3.63, 3.8) is 0 Å². The second-order valence-corrected chi connectivity index (χ2v) is 6.01. The van der Waals surface area contributed by atoms with Crippen molar-refractivity contribution in [2.75, 3.05) is 7.05 Å². The van der Waals surface area contributed by atoms with Crippen LogP contribution in [0.3, 0.4) is 0 Å².